The Kier molecular flexibility index (Phi) is 4.37. The molecule has 0 aliphatic rings. The van der Waals surface area contributed by atoms with Crippen LogP contribution in [0.3, 0.4) is 0 Å². The minimum atomic E-state index is -0.714. The van der Waals surface area contributed by atoms with Crippen LogP contribution in [-0.4, -0.2) is 30.5 Å². The van der Waals surface area contributed by atoms with Crippen molar-refractivity contribution in [2.45, 2.75) is 12.6 Å². The van der Waals surface area contributed by atoms with Gasteiger partial charge < -0.3 is 9.88 Å². The molecule has 7 nitrogen and oxygen atoms in total. The number of benzene rings is 2. The highest BCUT2D eigenvalue weighted by Crippen LogP contribution is 2.23. The van der Waals surface area contributed by atoms with Gasteiger partial charge in [-0.3, -0.25) is 4.79 Å². The SMILES string of the molecule is Cn1ccnc1[C@@H](NC(=O)Cn1nnc2ccccc21)c1ccccc1F. The molecular weight excluding hydrogens is 347 g/mol. The van der Waals surface area contributed by atoms with Gasteiger partial charge in [0.15, 0.2) is 0 Å². The van der Waals surface area contributed by atoms with E-state index in [1.54, 1.807) is 42.2 Å². The number of hydrogen-bond donors (Lipinski definition) is 1. The molecule has 0 unspecified atom stereocenters. The number of para-hydroxylation sites is 1. The maximum Gasteiger partial charge on any atom is 0.242 e. The molecule has 0 fully saturated rings. The molecule has 0 aliphatic heterocycles. The first-order chi connectivity index (χ1) is 13.1. The summed E-state index contributed by atoms with van der Waals surface area (Å²) in [4.78, 5) is 17.0. The summed E-state index contributed by atoms with van der Waals surface area (Å²) in [6.07, 6.45) is 3.36. The van der Waals surface area contributed by atoms with Crippen LogP contribution < -0.4 is 5.32 Å². The van der Waals surface area contributed by atoms with Crippen molar-refractivity contribution < 1.29 is 9.18 Å². The summed E-state index contributed by atoms with van der Waals surface area (Å²) in [5, 5.41) is 10.9. The molecule has 2 heterocycles. The molecule has 8 heteroatoms. The van der Waals surface area contributed by atoms with Gasteiger partial charge in [0.05, 0.1) is 5.52 Å². The molecule has 2 aromatic carbocycles. The summed E-state index contributed by atoms with van der Waals surface area (Å²) >= 11 is 0. The van der Waals surface area contributed by atoms with Crippen LogP contribution in [-0.2, 0) is 18.4 Å². The number of rotatable bonds is 5. The highest BCUT2D eigenvalue weighted by Gasteiger charge is 2.24. The second-order valence-electron chi connectivity index (χ2n) is 6.15. The molecule has 2 aromatic heterocycles. The predicted octanol–water partition coefficient (Wildman–Crippen LogP) is 2.21. The average Bonchev–Trinajstić information content (AvgIpc) is 3.27. The fourth-order valence-corrected chi connectivity index (χ4v) is 3.02. The lowest BCUT2D eigenvalue weighted by Gasteiger charge is -2.19. The Balaban J connectivity index is 1.63. The third kappa shape index (κ3) is 3.29. The molecule has 1 amide bonds. The van der Waals surface area contributed by atoms with E-state index < -0.39 is 11.9 Å². The maximum atomic E-state index is 14.4. The molecule has 0 saturated carbocycles. The number of aryl methyl sites for hydroxylation is 1. The number of halogens is 1. The molecule has 4 rings (SSSR count). The first-order valence-corrected chi connectivity index (χ1v) is 8.42. The topological polar surface area (TPSA) is 77.6 Å². The Morgan fingerprint density at radius 1 is 1.19 bits per heavy atom. The number of imidazole rings is 1. The zero-order chi connectivity index (χ0) is 18.8. The van der Waals surface area contributed by atoms with Gasteiger partial charge in [0.1, 0.15) is 29.7 Å². The molecular formula is C19H17FN6O. The molecule has 0 spiro atoms. The molecule has 1 atom stereocenters. The number of nitrogens with zero attached hydrogens (tertiary/aromatic N) is 5. The van der Waals surface area contributed by atoms with Crippen LogP contribution in [0.15, 0.2) is 60.9 Å². The predicted molar refractivity (Wildman–Crippen MR) is 97.1 cm³/mol. The molecule has 27 heavy (non-hydrogen) atoms. The monoisotopic (exact) mass is 364 g/mol. The van der Waals surface area contributed by atoms with Crippen molar-refractivity contribution in [1.82, 2.24) is 29.9 Å². The van der Waals surface area contributed by atoms with E-state index in [1.807, 2.05) is 24.3 Å². The molecule has 0 aliphatic carbocycles. The summed E-state index contributed by atoms with van der Waals surface area (Å²) < 4.78 is 17.7. The number of carbonyl (C=O) groups excluding carboxylic acids is 1. The van der Waals surface area contributed by atoms with E-state index in [2.05, 4.69) is 20.6 Å². The van der Waals surface area contributed by atoms with Gasteiger partial charge in [-0.2, -0.15) is 0 Å². The Morgan fingerprint density at radius 3 is 2.74 bits per heavy atom. The van der Waals surface area contributed by atoms with Crippen LogP contribution in [0.1, 0.15) is 17.4 Å². The van der Waals surface area contributed by atoms with Crippen LogP contribution >= 0.6 is 0 Å². The Hall–Kier alpha value is -3.55. The first kappa shape index (κ1) is 16.9. The van der Waals surface area contributed by atoms with E-state index in [0.717, 1.165) is 5.52 Å². The fourth-order valence-electron chi connectivity index (χ4n) is 3.02. The molecule has 0 bridgehead atoms. The average molecular weight is 364 g/mol. The summed E-state index contributed by atoms with van der Waals surface area (Å²) in [5.74, 6) is -0.184. The minimum absolute atomic E-state index is 0.0319. The zero-order valence-electron chi connectivity index (χ0n) is 14.6. The van der Waals surface area contributed by atoms with Gasteiger partial charge in [0.25, 0.3) is 0 Å². The van der Waals surface area contributed by atoms with Gasteiger partial charge in [-0.25, -0.2) is 14.1 Å². The van der Waals surface area contributed by atoms with E-state index in [9.17, 15) is 9.18 Å². The first-order valence-electron chi connectivity index (χ1n) is 8.42. The molecule has 136 valence electrons. The van der Waals surface area contributed by atoms with E-state index in [0.29, 0.717) is 16.9 Å². The van der Waals surface area contributed by atoms with Crippen molar-refractivity contribution in [2.75, 3.05) is 0 Å². The van der Waals surface area contributed by atoms with Crippen LogP contribution in [0, 0.1) is 5.82 Å². The second-order valence-corrected chi connectivity index (χ2v) is 6.15. The van der Waals surface area contributed by atoms with E-state index >= 15 is 0 Å². The normalized spacial score (nSPS) is 12.2. The van der Waals surface area contributed by atoms with Gasteiger partial charge >= 0.3 is 0 Å². The number of nitrogens with one attached hydrogen (secondary N) is 1. The van der Waals surface area contributed by atoms with Crippen molar-refractivity contribution in [3.8, 4) is 0 Å². The Bertz CT molecular complexity index is 1100. The van der Waals surface area contributed by atoms with Crippen molar-refractivity contribution in [3.05, 3.63) is 78.1 Å². The highest BCUT2D eigenvalue weighted by molar-refractivity contribution is 5.80. The van der Waals surface area contributed by atoms with Crippen LogP contribution in [0.5, 0.6) is 0 Å². The Labute approximate surface area is 154 Å². The number of aromatic nitrogens is 5. The van der Waals surface area contributed by atoms with E-state index in [4.69, 9.17) is 0 Å². The molecule has 0 saturated heterocycles. The summed E-state index contributed by atoms with van der Waals surface area (Å²) in [6, 6.07) is 13.0. The van der Waals surface area contributed by atoms with Crippen LogP contribution in [0.2, 0.25) is 0 Å². The highest BCUT2D eigenvalue weighted by atomic mass is 19.1. The van der Waals surface area contributed by atoms with Gasteiger partial charge in [-0.1, -0.05) is 35.5 Å². The number of hydrogen-bond acceptors (Lipinski definition) is 4. The van der Waals surface area contributed by atoms with Crippen LogP contribution in [0.4, 0.5) is 4.39 Å². The maximum absolute atomic E-state index is 14.4. The van der Waals surface area contributed by atoms with Gasteiger partial charge in [-0.15, -0.1) is 5.10 Å². The van der Waals surface area contributed by atoms with Crippen molar-refractivity contribution >= 4 is 16.9 Å². The third-order valence-corrected chi connectivity index (χ3v) is 4.35. The molecule has 1 N–H and O–H groups in total. The standard InChI is InChI=1S/C19H17FN6O/c1-25-11-10-21-19(25)18(13-6-2-3-7-14(13)20)22-17(27)12-26-16-9-5-4-8-15(16)23-24-26/h2-11,18H,12H2,1H3,(H,22,27)/t18-/m0/s1. The van der Waals surface area contributed by atoms with Crippen molar-refractivity contribution in [1.29, 1.82) is 0 Å². The lowest BCUT2D eigenvalue weighted by atomic mass is 10.1. The summed E-state index contributed by atoms with van der Waals surface area (Å²) in [6.45, 7) is -0.0319. The third-order valence-electron chi connectivity index (χ3n) is 4.35. The fraction of sp³-hybridized carbons (Fsp3) is 0.158. The van der Waals surface area contributed by atoms with Crippen molar-refractivity contribution in [3.63, 3.8) is 0 Å². The molecule has 0 radical (unpaired) electrons. The Morgan fingerprint density at radius 2 is 1.96 bits per heavy atom. The molecule has 4 aromatic rings. The second kappa shape index (κ2) is 6.99. The lowest BCUT2D eigenvalue weighted by molar-refractivity contribution is -0.122. The zero-order valence-corrected chi connectivity index (χ0v) is 14.6. The van der Waals surface area contributed by atoms with Gasteiger partial charge in [0, 0.05) is 25.0 Å². The quantitative estimate of drug-likeness (QED) is 0.589. The summed E-state index contributed by atoms with van der Waals surface area (Å²) in [7, 11) is 1.80. The smallest absolute Gasteiger partial charge is 0.242 e. The van der Waals surface area contributed by atoms with E-state index in [-0.39, 0.29) is 12.5 Å². The van der Waals surface area contributed by atoms with Gasteiger partial charge in [0.2, 0.25) is 5.91 Å². The summed E-state index contributed by atoms with van der Waals surface area (Å²) in [5.41, 5.74) is 1.82. The van der Waals surface area contributed by atoms with Crippen molar-refractivity contribution in [2.24, 2.45) is 7.05 Å². The van der Waals surface area contributed by atoms with E-state index in [1.165, 1.54) is 10.7 Å². The van der Waals surface area contributed by atoms with Gasteiger partial charge in [-0.05, 0) is 18.2 Å². The van der Waals surface area contributed by atoms with Crippen LogP contribution in [0.25, 0.3) is 11.0 Å². The number of amides is 1. The number of fused-ring (bicyclic) bond motifs is 1. The minimum Gasteiger partial charge on any atom is -0.340 e. The number of carbonyl (C=O) groups is 1. The largest absolute Gasteiger partial charge is 0.340 e. The lowest BCUT2D eigenvalue weighted by Crippen LogP contribution is -2.34.